The van der Waals surface area contributed by atoms with E-state index in [1.165, 1.54) is 0 Å². The van der Waals surface area contributed by atoms with E-state index in [4.69, 9.17) is 27.5 Å². The minimum atomic E-state index is -1.22. The van der Waals surface area contributed by atoms with Crippen LogP contribution in [0.25, 0.3) is 0 Å². The highest BCUT2D eigenvalue weighted by atomic mass is 16.5. The Kier molecular flexibility index (Phi) is 11.1. The number of rotatable bonds is 6. The lowest BCUT2D eigenvalue weighted by Gasteiger charge is -2.21. The number of nitrogens with zero attached hydrogens (tertiary/aromatic N) is 3. The molecule has 3 N–H and O–H groups in total. The van der Waals surface area contributed by atoms with Crippen LogP contribution in [0.2, 0.25) is 0 Å². The summed E-state index contributed by atoms with van der Waals surface area (Å²) in [6, 6.07) is -3.65. The fourth-order valence-corrected chi connectivity index (χ4v) is 4.00. The quantitative estimate of drug-likeness (QED) is 0.245. The number of hydrogen-bond donors (Lipinski definition) is 3. The Bertz CT molecular complexity index is 1580. The summed E-state index contributed by atoms with van der Waals surface area (Å²) in [6.45, 7) is 13.4. The number of carbonyl (C=O) groups is 6. The highest BCUT2D eigenvalue weighted by Crippen LogP contribution is 2.24. The highest BCUT2D eigenvalue weighted by molar-refractivity contribution is 5.94. The molecule has 0 saturated heterocycles. The van der Waals surface area contributed by atoms with Crippen molar-refractivity contribution in [2.24, 2.45) is 16.2 Å². The van der Waals surface area contributed by atoms with Crippen molar-refractivity contribution >= 4 is 35.6 Å². The van der Waals surface area contributed by atoms with Crippen LogP contribution in [-0.2, 0) is 28.6 Å². The molecule has 0 aromatic carbocycles. The second-order valence-electron chi connectivity index (χ2n) is 14.8. The van der Waals surface area contributed by atoms with Crippen LogP contribution in [-0.4, -0.2) is 70.4 Å². The first-order valence-corrected chi connectivity index (χ1v) is 15.9. The third kappa shape index (κ3) is 9.79. The van der Waals surface area contributed by atoms with Gasteiger partial charge in [0, 0.05) is 0 Å². The minimum absolute atomic E-state index is 0.201. The van der Waals surface area contributed by atoms with Crippen molar-refractivity contribution in [1.82, 2.24) is 30.9 Å². The zero-order valence-corrected chi connectivity index (χ0v) is 29.8. The predicted molar refractivity (Wildman–Crippen MR) is 171 cm³/mol. The lowest BCUT2D eigenvalue weighted by atomic mass is 9.97. The van der Waals surface area contributed by atoms with Crippen LogP contribution in [0.5, 0.6) is 0 Å². The number of carbonyl (C=O) groups excluding carboxylic acids is 6. The molecule has 0 fully saturated rings. The van der Waals surface area contributed by atoms with Gasteiger partial charge in [0.05, 0.1) is 16.2 Å². The lowest BCUT2D eigenvalue weighted by Crippen LogP contribution is -2.36. The van der Waals surface area contributed by atoms with Crippen molar-refractivity contribution in [3.8, 4) is 0 Å². The van der Waals surface area contributed by atoms with E-state index in [1.54, 1.807) is 62.3 Å². The van der Waals surface area contributed by atoms with Crippen LogP contribution in [0, 0.1) is 16.2 Å². The van der Waals surface area contributed by atoms with Crippen molar-refractivity contribution in [3.05, 3.63) is 53.5 Å². The standard InChI is InChI=1S/C33H42N6O12/c1-31(2,3)28(43)49-13-19-25-37-17(10-46-25)23(41)35-21(15-51-30(45)33(7,8)9)27-39-18(12-48-27)24(42)36-20(14-50-29(44)32(4,5)6)26-38-16(11-47-26)22(40)34-19/h10-12,19-21H,13-15H2,1-9H3,(H,34,40)(H,35,41)(H,36,42)/t19-,20-,21-/m0/s1. The van der Waals surface area contributed by atoms with Gasteiger partial charge in [-0.25, -0.2) is 15.0 Å². The van der Waals surface area contributed by atoms with Gasteiger partial charge in [-0.2, -0.15) is 0 Å². The van der Waals surface area contributed by atoms with E-state index >= 15 is 0 Å². The summed E-state index contributed by atoms with van der Waals surface area (Å²) in [4.78, 5) is 90.6. The molecule has 4 rings (SSSR count). The topological polar surface area (TPSA) is 244 Å². The predicted octanol–water partition coefficient (Wildman–Crippen LogP) is 3.15. The smallest absolute Gasteiger partial charge is 0.311 e. The summed E-state index contributed by atoms with van der Waals surface area (Å²) in [5.41, 5.74) is -3.45. The van der Waals surface area contributed by atoms with Gasteiger partial charge < -0.3 is 43.4 Å². The first-order chi connectivity index (χ1) is 23.6. The number of nitrogens with one attached hydrogen (secondary N) is 3. The summed E-state index contributed by atoms with van der Waals surface area (Å²) in [5.74, 6) is -4.86. The van der Waals surface area contributed by atoms with Crippen LogP contribution in [0.3, 0.4) is 0 Å². The highest BCUT2D eigenvalue weighted by Gasteiger charge is 2.34. The monoisotopic (exact) mass is 714 g/mol. The Morgan fingerprint density at radius 2 is 0.765 bits per heavy atom. The van der Waals surface area contributed by atoms with Crippen molar-refractivity contribution in [1.29, 1.82) is 0 Å². The van der Waals surface area contributed by atoms with Gasteiger partial charge in [0.25, 0.3) is 17.7 Å². The Labute approximate surface area is 292 Å². The summed E-state index contributed by atoms with van der Waals surface area (Å²) in [5, 5.41) is 7.80. The van der Waals surface area contributed by atoms with Crippen molar-refractivity contribution in [2.75, 3.05) is 19.8 Å². The summed E-state index contributed by atoms with van der Waals surface area (Å²) in [6.07, 6.45) is 3.02. The van der Waals surface area contributed by atoms with Gasteiger partial charge >= 0.3 is 17.9 Å². The van der Waals surface area contributed by atoms with Crippen LogP contribution in [0.4, 0.5) is 0 Å². The fourth-order valence-electron chi connectivity index (χ4n) is 4.00. The van der Waals surface area contributed by atoms with E-state index in [-0.39, 0.29) is 34.8 Å². The lowest BCUT2D eigenvalue weighted by molar-refractivity contribution is -0.154. The van der Waals surface area contributed by atoms with E-state index in [0.29, 0.717) is 0 Å². The normalized spacial score (nSPS) is 18.8. The molecule has 0 saturated carbocycles. The first kappa shape index (κ1) is 38.3. The molecule has 4 heterocycles. The molecule has 0 aliphatic carbocycles. The van der Waals surface area contributed by atoms with Gasteiger partial charge in [-0.05, 0) is 62.3 Å². The number of ether oxygens (including phenoxy) is 3. The largest absolute Gasteiger partial charge is 0.463 e. The molecule has 3 aromatic rings. The van der Waals surface area contributed by atoms with Crippen LogP contribution < -0.4 is 16.0 Å². The molecular formula is C33H42N6O12. The van der Waals surface area contributed by atoms with Crippen LogP contribution >= 0.6 is 0 Å². The number of fused-ring (bicyclic) bond motifs is 6. The van der Waals surface area contributed by atoms with Gasteiger partial charge in [-0.3, -0.25) is 28.8 Å². The van der Waals surface area contributed by atoms with Crippen molar-refractivity contribution in [2.45, 2.75) is 80.4 Å². The van der Waals surface area contributed by atoms with E-state index < -0.39 is 89.8 Å². The van der Waals surface area contributed by atoms with Gasteiger partial charge in [-0.15, -0.1) is 0 Å². The van der Waals surface area contributed by atoms with Crippen molar-refractivity contribution in [3.63, 3.8) is 0 Å². The number of oxazole rings is 3. The Morgan fingerprint density at radius 3 is 0.980 bits per heavy atom. The minimum Gasteiger partial charge on any atom is -0.463 e. The fraction of sp³-hybridized carbons (Fsp3) is 0.545. The molecule has 6 bridgehead atoms. The first-order valence-electron chi connectivity index (χ1n) is 15.9. The van der Waals surface area contributed by atoms with E-state index in [2.05, 4.69) is 30.9 Å². The zero-order valence-electron chi connectivity index (χ0n) is 29.8. The maximum Gasteiger partial charge on any atom is 0.311 e. The molecule has 3 aromatic heterocycles. The molecular weight excluding hydrogens is 672 g/mol. The Hall–Kier alpha value is -5.55. The second kappa shape index (κ2) is 14.7. The van der Waals surface area contributed by atoms with E-state index in [9.17, 15) is 28.8 Å². The molecule has 0 unspecified atom stereocenters. The average molecular weight is 715 g/mol. The summed E-state index contributed by atoms with van der Waals surface area (Å²) >= 11 is 0. The van der Waals surface area contributed by atoms with E-state index in [0.717, 1.165) is 18.8 Å². The van der Waals surface area contributed by atoms with Crippen LogP contribution in [0.1, 0.15) is 130 Å². The molecule has 18 nitrogen and oxygen atoms in total. The molecule has 0 spiro atoms. The summed E-state index contributed by atoms with van der Waals surface area (Å²) < 4.78 is 32.9. The van der Waals surface area contributed by atoms with Crippen LogP contribution in [0.15, 0.2) is 32.0 Å². The Morgan fingerprint density at radius 1 is 0.529 bits per heavy atom. The molecule has 1 aliphatic heterocycles. The second-order valence-corrected chi connectivity index (χ2v) is 14.8. The molecule has 0 radical (unpaired) electrons. The van der Waals surface area contributed by atoms with Gasteiger partial charge in [0.1, 0.15) is 56.7 Å². The third-order valence-corrected chi connectivity index (χ3v) is 7.05. The number of hydrogen-bond acceptors (Lipinski definition) is 15. The van der Waals surface area contributed by atoms with Gasteiger partial charge in [0.2, 0.25) is 17.7 Å². The SMILES string of the molecule is CC(C)(C)C(=O)OC[C@@H]1NC(=O)c2coc(n2)[C@H](COC(=O)C(C)(C)C)NC(=O)c2coc(n2)[C@H](COC(=O)C(C)(C)C)NC(=O)c2coc1n2. The zero-order chi connectivity index (χ0) is 37.9. The molecule has 3 amide bonds. The number of esters is 3. The molecule has 51 heavy (non-hydrogen) atoms. The number of amides is 3. The molecule has 18 heteroatoms. The maximum atomic E-state index is 13.4. The third-order valence-electron chi connectivity index (χ3n) is 7.05. The summed E-state index contributed by atoms with van der Waals surface area (Å²) in [7, 11) is 0. The Balaban J connectivity index is 1.75. The maximum absolute atomic E-state index is 13.4. The molecule has 3 atom stereocenters. The average Bonchev–Trinajstić information content (AvgIpc) is 3.82. The van der Waals surface area contributed by atoms with Gasteiger partial charge in [0.15, 0.2) is 17.1 Å². The van der Waals surface area contributed by atoms with Crippen molar-refractivity contribution < 1.29 is 56.2 Å². The van der Waals surface area contributed by atoms with E-state index in [1.807, 2.05) is 0 Å². The molecule has 1 aliphatic rings. The molecule has 276 valence electrons. The number of aromatic nitrogens is 3. The van der Waals surface area contributed by atoms with Gasteiger partial charge in [-0.1, -0.05) is 0 Å².